The second-order valence-corrected chi connectivity index (χ2v) is 8.28. The summed E-state index contributed by atoms with van der Waals surface area (Å²) >= 11 is 6.18. The van der Waals surface area contributed by atoms with Gasteiger partial charge in [-0.2, -0.15) is 0 Å². The van der Waals surface area contributed by atoms with E-state index in [0.717, 1.165) is 23.1 Å². The van der Waals surface area contributed by atoms with Gasteiger partial charge in [0, 0.05) is 11.1 Å². The minimum absolute atomic E-state index is 0.123. The predicted molar refractivity (Wildman–Crippen MR) is 115 cm³/mol. The van der Waals surface area contributed by atoms with Crippen molar-refractivity contribution in [3.63, 3.8) is 0 Å². The molecular weight excluding hydrogens is 372 g/mol. The SMILES string of the molecule is CCc1ccc(C(=O)N(CCl)N(C(=O)c2cc(C)cc(C)c2)C(C)(C)C)cc1. The molecule has 2 aromatic carbocycles. The van der Waals surface area contributed by atoms with E-state index in [1.54, 1.807) is 12.1 Å². The molecular formula is C23H29ClN2O2. The van der Waals surface area contributed by atoms with Crippen molar-refractivity contribution in [2.75, 3.05) is 6.00 Å². The van der Waals surface area contributed by atoms with Crippen LogP contribution in [0.2, 0.25) is 0 Å². The average Bonchev–Trinajstić information content (AvgIpc) is 2.63. The van der Waals surface area contributed by atoms with Gasteiger partial charge in [0.15, 0.2) is 0 Å². The second kappa shape index (κ2) is 8.78. The number of nitrogens with zero attached hydrogens (tertiary/aromatic N) is 2. The van der Waals surface area contributed by atoms with Gasteiger partial charge >= 0.3 is 0 Å². The summed E-state index contributed by atoms with van der Waals surface area (Å²) in [5.41, 5.74) is 3.54. The Morgan fingerprint density at radius 3 is 1.86 bits per heavy atom. The van der Waals surface area contributed by atoms with E-state index in [9.17, 15) is 9.59 Å². The zero-order valence-electron chi connectivity index (χ0n) is 17.5. The lowest BCUT2D eigenvalue weighted by Crippen LogP contribution is -2.57. The maximum Gasteiger partial charge on any atom is 0.273 e. The molecule has 4 nitrogen and oxygen atoms in total. The Bertz CT molecular complexity index is 834. The van der Waals surface area contributed by atoms with E-state index in [-0.39, 0.29) is 17.8 Å². The summed E-state index contributed by atoms with van der Waals surface area (Å²) in [6.07, 6.45) is 0.896. The first-order valence-corrected chi connectivity index (χ1v) is 10.0. The van der Waals surface area contributed by atoms with Crippen molar-refractivity contribution in [2.45, 2.75) is 53.5 Å². The number of benzene rings is 2. The monoisotopic (exact) mass is 400 g/mol. The molecule has 0 heterocycles. The van der Waals surface area contributed by atoms with Gasteiger partial charge in [0.2, 0.25) is 0 Å². The molecule has 0 atom stereocenters. The average molecular weight is 401 g/mol. The Morgan fingerprint density at radius 2 is 1.43 bits per heavy atom. The van der Waals surface area contributed by atoms with Crippen LogP contribution >= 0.6 is 11.6 Å². The van der Waals surface area contributed by atoms with E-state index in [1.807, 2.05) is 65.0 Å². The number of amides is 2. The molecule has 28 heavy (non-hydrogen) atoms. The van der Waals surface area contributed by atoms with Gasteiger partial charge in [0.05, 0.1) is 5.54 Å². The zero-order valence-corrected chi connectivity index (χ0v) is 18.3. The normalized spacial score (nSPS) is 11.2. The zero-order chi connectivity index (χ0) is 21.1. The van der Waals surface area contributed by atoms with Crippen molar-refractivity contribution in [2.24, 2.45) is 0 Å². The lowest BCUT2D eigenvalue weighted by Gasteiger charge is -2.42. The van der Waals surface area contributed by atoms with Crippen LogP contribution in [0.1, 0.15) is 65.1 Å². The highest BCUT2D eigenvalue weighted by Gasteiger charge is 2.35. The first-order chi connectivity index (χ1) is 13.1. The maximum atomic E-state index is 13.4. The van der Waals surface area contributed by atoms with E-state index < -0.39 is 5.54 Å². The second-order valence-electron chi connectivity index (χ2n) is 8.04. The number of halogens is 1. The van der Waals surface area contributed by atoms with Crippen LogP contribution < -0.4 is 0 Å². The Labute approximate surface area is 173 Å². The summed E-state index contributed by atoms with van der Waals surface area (Å²) in [7, 11) is 0. The summed E-state index contributed by atoms with van der Waals surface area (Å²) < 4.78 is 0. The molecule has 0 N–H and O–H groups in total. The minimum atomic E-state index is -0.636. The first-order valence-electron chi connectivity index (χ1n) is 9.48. The fourth-order valence-electron chi connectivity index (χ4n) is 3.23. The van der Waals surface area contributed by atoms with Crippen molar-refractivity contribution in [3.05, 3.63) is 70.3 Å². The van der Waals surface area contributed by atoms with Crippen LogP contribution in [-0.4, -0.2) is 33.4 Å². The molecule has 0 saturated carbocycles. The molecule has 0 bridgehead atoms. The summed E-state index contributed by atoms with van der Waals surface area (Å²) in [4.78, 5) is 26.6. The number of rotatable bonds is 4. The Hall–Kier alpha value is -2.33. The predicted octanol–water partition coefficient (Wildman–Crippen LogP) is 5.36. The Kier molecular flexibility index (Phi) is 6.89. The van der Waals surface area contributed by atoms with Crippen LogP contribution in [0.4, 0.5) is 0 Å². The number of aryl methyl sites for hydroxylation is 3. The van der Waals surface area contributed by atoms with Crippen molar-refractivity contribution in [1.82, 2.24) is 10.0 Å². The molecule has 0 aliphatic heterocycles. The van der Waals surface area contributed by atoms with Crippen molar-refractivity contribution >= 4 is 23.4 Å². The quantitative estimate of drug-likeness (QED) is 0.393. The molecule has 0 fully saturated rings. The first kappa shape index (κ1) is 22.0. The van der Waals surface area contributed by atoms with Crippen LogP contribution in [0.5, 0.6) is 0 Å². The van der Waals surface area contributed by atoms with Crippen LogP contribution in [-0.2, 0) is 6.42 Å². The van der Waals surface area contributed by atoms with Gasteiger partial charge in [-0.15, -0.1) is 11.6 Å². The van der Waals surface area contributed by atoms with Gasteiger partial charge in [-0.3, -0.25) is 9.59 Å². The van der Waals surface area contributed by atoms with E-state index in [1.165, 1.54) is 10.0 Å². The molecule has 2 rings (SSSR count). The van der Waals surface area contributed by atoms with Gasteiger partial charge in [-0.1, -0.05) is 36.2 Å². The topological polar surface area (TPSA) is 40.6 Å². The van der Waals surface area contributed by atoms with Crippen LogP contribution in [0.25, 0.3) is 0 Å². The van der Waals surface area contributed by atoms with Gasteiger partial charge in [0.1, 0.15) is 6.00 Å². The van der Waals surface area contributed by atoms with Gasteiger partial charge in [-0.05, 0) is 70.9 Å². The summed E-state index contributed by atoms with van der Waals surface area (Å²) in [6.45, 7) is 11.6. The molecule has 0 radical (unpaired) electrons. The van der Waals surface area contributed by atoms with Gasteiger partial charge in [0.25, 0.3) is 11.8 Å². The number of hydrogen-bond donors (Lipinski definition) is 0. The van der Waals surface area contributed by atoms with Crippen molar-refractivity contribution in [1.29, 1.82) is 0 Å². The van der Waals surface area contributed by atoms with E-state index in [2.05, 4.69) is 6.92 Å². The standard InChI is InChI=1S/C23H29ClN2O2/c1-7-18-8-10-19(11-9-18)21(27)25(15-24)26(23(4,5)6)22(28)20-13-16(2)12-17(3)14-20/h8-14H,7,15H2,1-6H3. The highest BCUT2D eigenvalue weighted by atomic mass is 35.5. The lowest BCUT2D eigenvalue weighted by molar-refractivity contribution is -0.0347. The lowest BCUT2D eigenvalue weighted by atomic mass is 10.0. The minimum Gasteiger partial charge on any atom is -0.267 e. The van der Waals surface area contributed by atoms with Crippen LogP contribution in [0, 0.1) is 13.8 Å². The fourth-order valence-corrected chi connectivity index (χ4v) is 3.44. The fraction of sp³-hybridized carbons (Fsp3) is 0.391. The molecule has 0 unspecified atom stereocenters. The molecule has 0 spiro atoms. The highest BCUT2D eigenvalue weighted by molar-refractivity contribution is 6.19. The largest absolute Gasteiger partial charge is 0.273 e. The third-order valence-corrected chi connectivity index (χ3v) is 4.72. The molecule has 5 heteroatoms. The third kappa shape index (κ3) is 4.93. The molecule has 2 aromatic rings. The summed E-state index contributed by atoms with van der Waals surface area (Å²) in [5.74, 6) is -0.552. The molecule has 0 saturated heterocycles. The maximum absolute atomic E-state index is 13.4. The molecule has 0 aliphatic carbocycles. The number of alkyl halides is 1. The van der Waals surface area contributed by atoms with E-state index in [4.69, 9.17) is 11.6 Å². The number of carbonyl (C=O) groups is 2. The summed E-state index contributed by atoms with van der Waals surface area (Å²) in [5, 5.41) is 2.78. The molecule has 0 aliphatic rings. The number of hydrazine groups is 1. The number of carbonyl (C=O) groups excluding carboxylic acids is 2. The number of hydrogen-bond acceptors (Lipinski definition) is 2. The van der Waals surface area contributed by atoms with Crippen LogP contribution in [0.3, 0.4) is 0 Å². The third-order valence-electron chi connectivity index (χ3n) is 4.49. The highest BCUT2D eigenvalue weighted by Crippen LogP contribution is 2.24. The van der Waals surface area contributed by atoms with Crippen molar-refractivity contribution < 1.29 is 9.59 Å². The smallest absolute Gasteiger partial charge is 0.267 e. The van der Waals surface area contributed by atoms with Gasteiger partial charge < -0.3 is 0 Å². The van der Waals surface area contributed by atoms with E-state index in [0.29, 0.717) is 11.1 Å². The molecule has 2 amide bonds. The van der Waals surface area contributed by atoms with E-state index >= 15 is 0 Å². The Morgan fingerprint density at radius 1 is 0.893 bits per heavy atom. The molecule has 0 aromatic heterocycles. The molecule has 150 valence electrons. The van der Waals surface area contributed by atoms with Crippen LogP contribution in [0.15, 0.2) is 42.5 Å². The summed E-state index contributed by atoms with van der Waals surface area (Å²) in [6, 6.07) is 13.0. The van der Waals surface area contributed by atoms with Gasteiger partial charge in [-0.25, -0.2) is 10.0 Å². The Balaban J connectivity index is 2.46. The van der Waals surface area contributed by atoms with Crippen molar-refractivity contribution in [3.8, 4) is 0 Å².